The van der Waals surface area contributed by atoms with Crippen molar-refractivity contribution >= 4 is 27.3 Å². The van der Waals surface area contributed by atoms with Crippen LogP contribution in [0.2, 0.25) is 5.02 Å². The van der Waals surface area contributed by atoms with E-state index in [4.69, 9.17) is 17.3 Å². The molecule has 0 spiro atoms. The fourth-order valence-electron chi connectivity index (χ4n) is 2.92. The Bertz CT molecular complexity index is 593. The molecule has 1 aliphatic heterocycles. The number of hydrogen-bond acceptors (Lipinski definition) is 3. The van der Waals surface area contributed by atoms with Crippen molar-refractivity contribution in [3.05, 3.63) is 22.7 Å². The van der Waals surface area contributed by atoms with Crippen molar-refractivity contribution in [2.24, 2.45) is 0 Å². The maximum absolute atomic E-state index is 13.0. The zero-order chi connectivity index (χ0) is 15.6. The largest absolute Gasteiger partial charge is 0.397 e. The van der Waals surface area contributed by atoms with Gasteiger partial charge in [0, 0.05) is 12.6 Å². The Balaban J connectivity index is 2.44. The number of hydrogen-bond donors (Lipinski definition) is 1. The van der Waals surface area contributed by atoms with Gasteiger partial charge in [-0.05, 0) is 43.9 Å². The number of halogens is 1. The highest BCUT2D eigenvalue weighted by Crippen LogP contribution is 2.31. The quantitative estimate of drug-likeness (QED) is 0.862. The first-order chi connectivity index (χ1) is 9.87. The highest BCUT2D eigenvalue weighted by molar-refractivity contribution is 7.89. The van der Waals surface area contributed by atoms with E-state index in [2.05, 4.69) is 0 Å². The monoisotopic (exact) mass is 330 g/mol. The van der Waals surface area contributed by atoms with Gasteiger partial charge in [0.05, 0.1) is 15.6 Å². The summed E-state index contributed by atoms with van der Waals surface area (Å²) in [5.41, 5.74) is 6.84. The summed E-state index contributed by atoms with van der Waals surface area (Å²) >= 11 is 6.03. The van der Waals surface area contributed by atoms with Crippen molar-refractivity contribution in [3.8, 4) is 0 Å². The molecule has 118 valence electrons. The van der Waals surface area contributed by atoms with E-state index in [0.29, 0.717) is 22.8 Å². The van der Waals surface area contributed by atoms with E-state index >= 15 is 0 Å². The molecule has 0 saturated carbocycles. The molecule has 1 saturated heterocycles. The first kappa shape index (κ1) is 16.6. The number of nitrogen functional groups attached to an aromatic ring is 1. The van der Waals surface area contributed by atoms with Crippen molar-refractivity contribution in [2.75, 3.05) is 12.3 Å². The molecule has 0 aliphatic carbocycles. The molecule has 6 heteroatoms. The molecule has 2 rings (SSSR count). The Hall–Kier alpha value is -0.780. The molecule has 2 N–H and O–H groups in total. The second-order valence-electron chi connectivity index (χ2n) is 5.67. The van der Waals surface area contributed by atoms with E-state index in [0.717, 1.165) is 32.1 Å². The minimum absolute atomic E-state index is 0.0784. The van der Waals surface area contributed by atoms with Gasteiger partial charge in [0.1, 0.15) is 0 Å². The summed E-state index contributed by atoms with van der Waals surface area (Å²) in [5.74, 6) is 0. The number of rotatable bonds is 3. The number of anilines is 1. The molecule has 1 heterocycles. The highest BCUT2D eigenvalue weighted by Gasteiger charge is 2.32. The van der Waals surface area contributed by atoms with Gasteiger partial charge in [-0.3, -0.25) is 0 Å². The van der Waals surface area contributed by atoms with Gasteiger partial charge >= 0.3 is 0 Å². The fourth-order valence-corrected chi connectivity index (χ4v) is 4.92. The predicted molar refractivity (Wildman–Crippen MR) is 87.0 cm³/mol. The number of nitrogens with two attached hydrogens (primary N) is 1. The molecule has 1 fully saturated rings. The standard InChI is InChI=1S/C15H23ClN2O2S/c1-3-12-7-5-4-6-8-18(12)21(19,20)13-9-11(2)15(16)14(17)10-13/h9-10,12H,3-8,17H2,1-2H3. The lowest BCUT2D eigenvalue weighted by molar-refractivity contribution is 0.315. The van der Waals surface area contributed by atoms with E-state index in [1.165, 1.54) is 6.07 Å². The average Bonchev–Trinajstić information content (AvgIpc) is 2.69. The molecular formula is C15H23ClN2O2S. The zero-order valence-electron chi connectivity index (χ0n) is 12.6. The van der Waals surface area contributed by atoms with Gasteiger partial charge in [-0.1, -0.05) is 31.4 Å². The van der Waals surface area contributed by atoms with E-state index in [9.17, 15) is 8.42 Å². The molecule has 1 aliphatic rings. The minimum Gasteiger partial charge on any atom is -0.397 e. The predicted octanol–water partition coefficient (Wildman–Crippen LogP) is 3.57. The number of sulfonamides is 1. The lowest BCUT2D eigenvalue weighted by atomic mass is 10.1. The molecule has 0 bridgehead atoms. The average molecular weight is 331 g/mol. The van der Waals surface area contributed by atoms with E-state index in [-0.39, 0.29) is 10.9 Å². The van der Waals surface area contributed by atoms with Crippen LogP contribution < -0.4 is 5.73 Å². The normalized spacial score (nSPS) is 21.2. The maximum Gasteiger partial charge on any atom is 0.243 e. The Morgan fingerprint density at radius 2 is 2.05 bits per heavy atom. The third kappa shape index (κ3) is 3.35. The summed E-state index contributed by atoms with van der Waals surface area (Å²) in [4.78, 5) is 0.252. The molecule has 1 aromatic rings. The summed E-state index contributed by atoms with van der Waals surface area (Å²) in [6, 6.07) is 3.17. The Morgan fingerprint density at radius 3 is 2.67 bits per heavy atom. The van der Waals surface area contributed by atoms with Gasteiger partial charge in [-0.2, -0.15) is 4.31 Å². The van der Waals surface area contributed by atoms with Gasteiger partial charge < -0.3 is 5.73 Å². The SMILES string of the molecule is CCC1CCCCCN1S(=O)(=O)c1cc(C)c(Cl)c(N)c1. The van der Waals surface area contributed by atoms with Crippen LogP contribution in [0.1, 0.15) is 44.6 Å². The molecule has 0 aromatic heterocycles. The van der Waals surface area contributed by atoms with Gasteiger partial charge in [-0.15, -0.1) is 0 Å². The van der Waals surface area contributed by atoms with Crippen LogP contribution in [0.15, 0.2) is 17.0 Å². The maximum atomic E-state index is 13.0. The molecule has 1 aromatic carbocycles. The summed E-state index contributed by atoms with van der Waals surface area (Å²) < 4.78 is 27.6. The highest BCUT2D eigenvalue weighted by atomic mass is 35.5. The van der Waals surface area contributed by atoms with Crippen molar-refractivity contribution < 1.29 is 8.42 Å². The smallest absolute Gasteiger partial charge is 0.243 e. The van der Waals surface area contributed by atoms with Gasteiger partial charge in [-0.25, -0.2) is 8.42 Å². The molecule has 1 atom stereocenters. The zero-order valence-corrected chi connectivity index (χ0v) is 14.2. The third-order valence-electron chi connectivity index (χ3n) is 4.16. The van der Waals surface area contributed by atoms with Gasteiger partial charge in [0.15, 0.2) is 0 Å². The summed E-state index contributed by atoms with van der Waals surface area (Å²) in [7, 11) is -3.51. The first-order valence-corrected chi connectivity index (χ1v) is 9.27. The topological polar surface area (TPSA) is 63.4 Å². The van der Waals surface area contributed by atoms with Crippen LogP contribution in [-0.4, -0.2) is 25.3 Å². The lowest BCUT2D eigenvalue weighted by Crippen LogP contribution is -2.39. The molecule has 1 unspecified atom stereocenters. The Kier molecular flexibility index (Phi) is 5.17. The van der Waals surface area contributed by atoms with Crippen LogP contribution in [0, 0.1) is 6.92 Å². The molecule has 0 radical (unpaired) electrons. The Morgan fingerprint density at radius 1 is 1.33 bits per heavy atom. The first-order valence-electron chi connectivity index (χ1n) is 7.45. The molecule has 0 amide bonds. The van der Waals surface area contributed by atoms with Crippen LogP contribution in [0.4, 0.5) is 5.69 Å². The van der Waals surface area contributed by atoms with Crippen LogP contribution in [0.25, 0.3) is 0 Å². The minimum atomic E-state index is -3.51. The number of aryl methyl sites for hydroxylation is 1. The van der Waals surface area contributed by atoms with Crippen LogP contribution in [-0.2, 0) is 10.0 Å². The van der Waals surface area contributed by atoms with E-state index in [1.807, 2.05) is 6.92 Å². The molecular weight excluding hydrogens is 308 g/mol. The van der Waals surface area contributed by atoms with Crippen molar-refractivity contribution in [2.45, 2.75) is 56.9 Å². The second kappa shape index (κ2) is 6.55. The Labute approximate surface area is 132 Å². The second-order valence-corrected chi connectivity index (χ2v) is 7.94. The fraction of sp³-hybridized carbons (Fsp3) is 0.600. The van der Waals surface area contributed by atoms with E-state index < -0.39 is 10.0 Å². The summed E-state index contributed by atoms with van der Waals surface area (Å²) in [6.07, 6.45) is 4.85. The molecule has 21 heavy (non-hydrogen) atoms. The summed E-state index contributed by atoms with van der Waals surface area (Å²) in [5, 5.41) is 0.428. The van der Waals surface area contributed by atoms with E-state index in [1.54, 1.807) is 17.3 Å². The number of benzene rings is 1. The summed E-state index contributed by atoms with van der Waals surface area (Å²) in [6.45, 7) is 4.40. The van der Waals surface area contributed by atoms with Crippen LogP contribution >= 0.6 is 11.6 Å². The van der Waals surface area contributed by atoms with Gasteiger partial charge in [0.2, 0.25) is 10.0 Å². The van der Waals surface area contributed by atoms with Crippen molar-refractivity contribution in [3.63, 3.8) is 0 Å². The van der Waals surface area contributed by atoms with Crippen LogP contribution in [0.3, 0.4) is 0 Å². The molecule has 4 nitrogen and oxygen atoms in total. The lowest BCUT2D eigenvalue weighted by Gasteiger charge is -2.28. The third-order valence-corrected chi connectivity index (χ3v) is 6.60. The van der Waals surface area contributed by atoms with Crippen LogP contribution in [0.5, 0.6) is 0 Å². The van der Waals surface area contributed by atoms with Gasteiger partial charge in [0.25, 0.3) is 0 Å². The van der Waals surface area contributed by atoms with Crippen molar-refractivity contribution in [1.82, 2.24) is 4.31 Å². The number of nitrogens with zero attached hydrogens (tertiary/aromatic N) is 1. The van der Waals surface area contributed by atoms with Crippen molar-refractivity contribution in [1.29, 1.82) is 0 Å².